The fraction of sp³-hybridized carbons (Fsp3) is 0.350. The Balaban J connectivity index is 1.68. The van der Waals surface area contributed by atoms with Gasteiger partial charge in [0.1, 0.15) is 11.6 Å². The summed E-state index contributed by atoms with van der Waals surface area (Å²) in [5.74, 6) is 0.750. The van der Waals surface area contributed by atoms with Crippen LogP contribution in [0.1, 0.15) is 49.8 Å². The van der Waals surface area contributed by atoms with Gasteiger partial charge in [0, 0.05) is 18.4 Å². The van der Waals surface area contributed by atoms with E-state index in [1.807, 2.05) is 18.2 Å². The Morgan fingerprint density at radius 2 is 1.96 bits per heavy atom. The highest BCUT2D eigenvalue weighted by Gasteiger charge is 2.39. The van der Waals surface area contributed by atoms with E-state index in [1.54, 1.807) is 12.1 Å². The Morgan fingerprint density at radius 3 is 2.75 bits per heavy atom. The lowest BCUT2D eigenvalue weighted by molar-refractivity contribution is -0.0231. The monoisotopic (exact) mass is 324 g/mol. The summed E-state index contributed by atoms with van der Waals surface area (Å²) in [5, 5.41) is 6.95. The van der Waals surface area contributed by atoms with Crippen LogP contribution in [0, 0.1) is 5.82 Å². The van der Waals surface area contributed by atoms with Crippen LogP contribution in [-0.4, -0.2) is 16.9 Å². The molecule has 24 heavy (non-hydrogen) atoms. The van der Waals surface area contributed by atoms with Crippen molar-refractivity contribution in [3.05, 3.63) is 65.5 Å². The van der Waals surface area contributed by atoms with Crippen molar-refractivity contribution in [2.75, 3.05) is 0 Å². The molecule has 2 heterocycles. The van der Waals surface area contributed by atoms with E-state index in [0.29, 0.717) is 0 Å². The van der Waals surface area contributed by atoms with Gasteiger partial charge in [0.05, 0.1) is 11.8 Å². The molecule has 0 N–H and O–H groups in total. The second kappa shape index (κ2) is 6.27. The molecule has 0 fully saturated rings. The first-order chi connectivity index (χ1) is 11.8. The van der Waals surface area contributed by atoms with E-state index in [2.05, 4.69) is 18.0 Å². The van der Waals surface area contributed by atoms with Crippen molar-refractivity contribution >= 4 is 5.71 Å². The Bertz CT molecular complexity index is 756. The lowest BCUT2D eigenvalue weighted by Gasteiger charge is -2.38. The molecule has 4 heteroatoms. The van der Waals surface area contributed by atoms with Crippen molar-refractivity contribution in [1.29, 1.82) is 0 Å². The highest BCUT2D eigenvalue weighted by molar-refractivity contribution is 6.01. The summed E-state index contributed by atoms with van der Waals surface area (Å²) in [6.45, 7) is 2.19. The van der Waals surface area contributed by atoms with Gasteiger partial charge in [-0.15, -0.1) is 0 Å². The number of benzene rings is 2. The van der Waals surface area contributed by atoms with E-state index in [4.69, 9.17) is 9.84 Å². The molecule has 0 unspecified atom stereocenters. The fourth-order valence-electron chi connectivity index (χ4n) is 3.50. The van der Waals surface area contributed by atoms with Crippen molar-refractivity contribution in [3.63, 3.8) is 0 Å². The van der Waals surface area contributed by atoms with E-state index in [9.17, 15) is 4.39 Å². The van der Waals surface area contributed by atoms with Gasteiger partial charge in [-0.1, -0.05) is 43.7 Å². The van der Waals surface area contributed by atoms with Crippen molar-refractivity contribution in [3.8, 4) is 5.75 Å². The minimum Gasteiger partial charge on any atom is -0.469 e. The Morgan fingerprint density at radius 1 is 1.17 bits per heavy atom. The normalized spacial score (nSPS) is 21.8. The van der Waals surface area contributed by atoms with Gasteiger partial charge in [-0.05, 0) is 30.2 Å². The van der Waals surface area contributed by atoms with Crippen LogP contribution in [0.3, 0.4) is 0 Å². The third-order valence-electron chi connectivity index (χ3n) is 4.76. The van der Waals surface area contributed by atoms with Gasteiger partial charge in [-0.3, -0.25) is 5.01 Å². The second-order valence-corrected chi connectivity index (χ2v) is 6.41. The van der Waals surface area contributed by atoms with Gasteiger partial charge in [-0.2, -0.15) is 5.10 Å². The average molecular weight is 324 g/mol. The summed E-state index contributed by atoms with van der Waals surface area (Å²) in [4.78, 5) is 0. The van der Waals surface area contributed by atoms with Gasteiger partial charge in [-0.25, -0.2) is 4.39 Å². The molecule has 2 aliphatic rings. The number of nitrogens with zero attached hydrogens (tertiary/aromatic N) is 2. The first-order valence-corrected chi connectivity index (χ1v) is 8.63. The number of ether oxygens (including phenoxy) is 1. The summed E-state index contributed by atoms with van der Waals surface area (Å²) in [7, 11) is 0. The summed E-state index contributed by atoms with van der Waals surface area (Å²) in [5.41, 5.74) is 3.17. The molecule has 2 aliphatic heterocycles. The molecule has 0 saturated heterocycles. The standard InChI is InChI=1S/C20H21FN2O/c1-2-3-8-20-23-18(16-6-4-5-7-19(16)24-20)13-17(22-23)14-9-11-15(21)12-10-14/h4-7,9-12,18,20H,2-3,8,13H2,1H3/t18-,20+/m0/s1. The molecule has 0 aromatic heterocycles. The lowest BCUT2D eigenvalue weighted by atomic mass is 9.96. The topological polar surface area (TPSA) is 24.8 Å². The van der Waals surface area contributed by atoms with Crippen LogP contribution in [0.25, 0.3) is 0 Å². The first kappa shape index (κ1) is 15.2. The predicted molar refractivity (Wildman–Crippen MR) is 92.5 cm³/mol. The van der Waals surface area contributed by atoms with Crippen molar-refractivity contribution in [1.82, 2.24) is 5.01 Å². The number of hydrogen-bond acceptors (Lipinski definition) is 3. The van der Waals surface area contributed by atoms with Crippen LogP contribution < -0.4 is 4.74 Å². The number of hydrazone groups is 1. The van der Waals surface area contributed by atoms with Gasteiger partial charge in [0.15, 0.2) is 6.23 Å². The quantitative estimate of drug-likeness (QED) is 0.800. The number of rotatable bonds is 4. The lowest BCUT2D eigenvalue weighted by Crippen LogP contribution is -2.40. The summed E-state index contributed by atoms with van der Waals surface area (Å²) in [6.07, 6.45) is 4.00. The van der Waals surface area contributed by atoms with E-state index in [1.165, 1.54) is 17.7 Å². The average Bonchev–Trinajstić information content (AvgIpc) is 3.06. The Kier molecular flexibility index (Phi) is 3.97. The molecule has 4 rings (SSSR count). The fourth-order valence-corrected chi connectivity index (χ4v) is 3.50. The zero-order chi connectivity index (χ0) is 16.5. The Labute approximate surface area is 141 Å². The van der Waals surface area contributed by atoms with Gasteiger partial charge >= 0.3 is 0 Å². The van der Waals surface area contributed by atoms with Gasteiger partial charge in [0.25, 0.3) is 0 Å². The van der Waals surface area contributed by atoms with E-state index < -0.39 is 0 Å². The third kappa shape index (κ3) is 2.66. The summed E-state index contributed by atoms with van der Waals surface area (Å²) in [6, 6.07) is 15.0. The number of hydrogen-bond donors (Lipinski definition) is 0. The summed E-state index contributed by atoms with van der Waals surface area (Å²) >= 11 is 0. The highest BCUT2D eigenvalue weighted by atomic mass is 19.1. The van der Waals surface area contributed by atoms with Crippen LogP contribution in [0.15, 0.2) is 53.6 Å². The van der Waals surface area contributed by atoms with Crippen molar-refractivity contribution < 1.29 is 9.13 Å². The molecule has 0 spiro atoms. The van der Waals surface area contributed by atoms with E-state index in [-0.39, 0.29) is 18.1 Å². The van der Waals surface area contributed by atoms with Crippen LogP contribution in [0.2, 0.25) is 0 Å². The molecule has 3 nitrogen and oxygen atoms in total. The minimum atomic E-state index is -0.218. The van der Waals surface area contributed by atoms with Crippen LogP contribution in [-0.2, 0) is 0 Å². The number of halogens is 1. The Hall–Kier alpha value is -2.36. The van der Waals surface area contributed by atoms with Gasteiger partial charge < -0.3 is 4.74 Å². The molecule has 2 aromatic carbocycles. The minimum absolute atomic E-state index is 0.0252. The largest absolute Gasteiger partial charge is 0.469 e. The van der Waals surface area contributed by atoms with Crippen molar-refractivity contribution in [2.24, 2.45) is 5.10 Å². The highest BCUT2D eigenvalue weighted by Crippen LogP contribution is 2.43. The smallest absolute Gasteiger partial charge is 0.187 e. The molecule has 0 aliphatic carbocycles. The molecule has 0 saturated carbocycles. The SMILES string of the molecule is CCCC[C@H]1Oc2ccccc2[C@@H]2CC(c3ccc(F)cc3)=NN12. The molecule has 0 amide bonds. The maximum atomic E-state index is 13.2. The van der Waals surface area contributed by atoms with Crippen LogP contribution in [0.4, 0.5) is 4.39 Å². The van der Waals surface area contributed by atoms with Crippen molar-refractivity contribution in [2.45, 2.75) is 44.9 Å². The summed E-state index contributed by atoms with van der Waals surface area (Å²) < 4.78 is 19.4. The maximum absolute atomic E-state index is 13.2. The molecular weight excluding hydrogens is 303 g/mol. The van der Waals surface area contributed by atoms with E-state index in [0.717, 1.165) is 42.7 Å². The molecule has 2 aromatic rings. The second-order valence-electron chi connectivity index (χ2n) is 6.41. The molecule has 2 atom stereocenters. The van der Waals surface area contributed by atoms with Gasteiger partial charge in [0.2, 0.25) is 0 Å². The number of para-hydroxylation sites is 1. The zero-order valence-corrected chi connectivity index (χ0v) is 13.8. The first-order valence-electron chi connectivity index (χ1n) is 8.63. The number of fused-ring (bicyclic) bond motifs is 3. The molecule has 124 valence electrons. The van der Waals surface area contributed by atoms with Crippen LogP contribution in [0.5, 0.6) is 5.75 Å². The molecular formula is C20H21FN2O. The van der Waals surface area contributed by atoms with Crippen LogP contribution >= 0.6 is 0 Å². The maximum Gasteiger partial charge on any atom is 0.187 e. The zero-order valence-electron chi connectivity index (χ0n) is 13.8. The molecule has 0 radical (unpaired) electrons. The van der Waals surface area contributed by atoms with E-state index >= 15 is 0 Å². The third-order valence-corrected chi connectivity index (χ3v) is 4.76. The molecule has 0 bridgehead atoms. The number of unbranched alkanes of at least 4 members (excludes halogenated alkanes) is 1. The predicted octanol–water partition coefficient (Wildman–Crippen LogP) is 4.89.